The number of esters is 2. The molecule has 0 fully saturated rings. The number of hydrogen-bond donors (Lipinski definition) is 2. The average Bonchev–Trinajstić information content (AvgIpc) is 3.30. The van der Waals surface area contributed by atoms with Crippen molar-refractivity contribution in [3.8, 4) is 0 Å². The number of aryl methyl sites for hydroxylation is 1. The number of hydrogen-bond acceptors (Lipinski definition) is 6. The zero-order valence-corrected chi connectivity index (χ0v) is 16.4. The smallest absolute Gasteiger partial charge is 0.355 e. The monoisotopic (exact) mass is 400 g/mol. The van der Waals surface area contributed by atoms with Crippen LogP contribution in [0.4, 0.5) is 5.00 Å². The largest absolute Gasteiger partial charge is 0.462 e. The van der Waals surface area contributed by atoms with E-state index in [0.717, 1.165) is 22.2 Å². The van der Waals surface area contributed by atoms with Crippen molar-refractivity contribution in [1.29, 1.82) is 0 Å². The van der Waals surface area contributed by atoms with Crippen LogP contribution in [0.5, 0.6) is 0 Å². The number of thiophene rings is 1. The van der Waals surface area contributed by atoms with Crippen molar-refractivity contribution >= 4 is 45.1 Å². The van der Waals surface area contributed by atoms with Crippen molar-refractivity contribution in [3.63, 3.8) is 0 Å². The van der Waals surface area contributed by atoms with Gasteiger partial charge in [0.2, 0.25) is 0 Å². The molecule has 1 aromatic carbocycles. The minimum Gasteiger partial charge on any atom is -0.462 e. The summed E-state index contributed by atoms with van der Waals surface area (Å²) in [7, 11) is 0. The van der Waals surface area contributed by atoms with Gasteiger partial charge >= 0.3 is 11.9 Å². The third-order valence-electron chi connectivity index (χ3n) is 3.96. The highest BCUT2D eigenvalue weighted by Crippen LogP contribution is 2.29. The molecule has 2 N–H and O–H groups in total. The van der Waals surface area contributed by atoms with Crippen molar-refractivity contribution in [3.05, 3.63) is 52.5 Å². The van der Waals surface area contributed by atoms with E-state index in [9.17, 15) is 14.4 Å². The second-order valence-corrected chi connectivity index (χ2v) is 7.06. The topological polar surface area (TPSA) is 97.5 Å². The first-order chi connectivity index (χ1) is 13.5. The van der Waals surface area contributed by atoms with E-state index in [1.807, 2.05) is 31.2 Å². The molecule has 146 valence electrons. The van der Waals surface area contributed by atoms with E-state index < -0.39 is 24.5 Å². The second kappa shape index (κ2) is 8.71. The molecular formula is C20H20N2O5S. The normalized spacial score (nSPS) is 10.6. The summed E-state index contributed by atoms with van der Waals surface area (Å²) in [6.45, 7) is 3.45. The van der Waals surface area contributed by atoms with E-state index in [0.29, 0.717) is 10.6 Å². The van der Waals surface area contributed by atoms with Gasteiger partial charge in [-0.2, -0.15) is 0 Å². The predicted molar refractivity (Wildman–Crippen MR) is 107 cm³/mol. The summed E-state index contributed by atoms with van der Waals surface area (Å²) >= 11 is 1.30. The predicted octanol–water partition coefficient (Wildman–Crippen LogP) is 3.76. The van der Waals surface area contributed by atoms with Gasteiger partial charge in [0.05, 0.1) is 12.2 Å². The number of carbonyl (C=O) groups is 3. The standard InChI is InChI=1S/C20H20N2O5S/c1-3-13-10-14(19(24)26-4-2)18(28-13)22-17(23)11-27-20(25)16-9-12-7-5-6-8-15(12)21-16/h5-10,21H,3-4,11H2,1-2H3,(H,22,23). The van der Waals surface area contributed by atoms with Crippen molar-refractivity contribution in [2.75, 3.05) is 18.5 Å². The molecule has 0 radical (unpaired) electrons. The quantitative estimate of drug-likeness (QED) is 0.589. The van der Waals surface area contributed by atoms with Gasteiger partial charge in [0.1, 0.15) is 10.7 Å². The molecule has 1 amide bonds. The molecule has 0 spiro atoms. The number of nitrogens with one attached hydrogen (secondary N) is 2. The SMILES string of the molecule is CCOC(=O)c1cc(CC)sc1NC(=O)COC(=O)c1cc2ccccc2[nH]1. The number of rotatable bonds is 7. The van der Waals surface area contributed by atoms with Crippen molar-refractivity contribution in [2.24, 2.45) is 0 Å². The van der Waals surface area contributed by atoms with Crippen LogP contribution in [0.15, 0.2) is 36.4 Å². The minimum atomic E-state index is -0.627. The number of amides is 1. The van der Waals surface area contributed by atoms with Crippen LogP contribution < -0.4 is 5.32 Å². The van der Waals surface area contributed by atoms with E-state index >= 15 is 0 Å². The fourth-order valence-corrected chi connectivity index (χ4v) is 3.62. The lowest BCUT2D eigenvalue weighted by atomic mass is 10.2. The highest BCUT2D eigenvalue weighted by molar-refractivity contribution is 7.16. The Kier molecular flexibility index (Phi) is 6.10. The maximum absolute atomic E-state index is 12.2. The Balaban J connectivity index is 1.63. The molecule has 0 saturated carbocycles. The number of anilines is 1. The van der Waals surface area contributed by atoms with E-state index in [2.05, 4.69) is 10.3 Å². The fourth-order valence-electron chi connectivity index (χ4n) is 2.62. The van der Waals surface area contributed by atoms with E-state index in [-0.39, 0.29) is 12.3 Å². The van der Waals surface area contributed by atoms with Gasteiger partial charge in [-0.15, -0.1) is 11.3 Å². The van der Waals surface area contributed by atoms with E-state index in [1.165, 1.54) is 11.3 Å². The number of para-hydroxylation sites is 1. The van der Waals surface area contributed by atoms with Crippen LogP contribution in [0.3, 0.4) is 0 Å². The van der Waals surface area contributed by atoms with Gasteiger partial charge in [-0.05, 0) is 31.5 Å². The number of fused-ring (bicyclic) bond motifs is 1. The maximum Gasteiger partial charge on any atom is 0.355 e. The molecular weight excluding hydrogens is 380 g/mol. The molecule has 7 nitrogen and oxygen atoms in total. The Morgan fingerprint density at radius 2 is 1.86 bits per heavy atom. The maximum atomic E-state index is 12.2. The fraction of sp³-hybridized carbons (Fsp3) is 0.250. The summed E-state index contributed by atoms with van der Waals surface area (Å²) in [5, 5.41) is 3.90. The summed E-state index contributed by atoms with van der Waals surface area (Å²) < 4.78 is 10.1. The number of aromatic amines is 1. The lowest BCUT2D eigenvalue weighted by Gasteiger charge is -2.06. The first-order valence-corrected chi connectivity index (χ1v) is 9.68. The summed E-state index contributed by atoms with van der Waals surface area (Å²) in [5.74, 6) is -1.65. The third-order valence-corrected chi connectivity index (χ3v) is 5.16. The van der Waals surface area contributed by atoms with Gasteiger partial charge in [0.15, 0.2) is 6.61 Å². The van der Waals surface area contributed by atoms with Gasteiger partial charge < -0.3 is 19.8 Å². The summed E-state index contributed by atoms with van der Waals surface area (Å²) in [5.41, 5.74) is 1.38. The molecule has 3 aromatic rings. The molecule has 28 heavy (non-hydrogen) atoms. The van der Waals surface area contributed by atoms with Gasteiger partial charge in [-0.1, -0.05) is 25.1 Å². The highest BCUT2D eigenvalue weighted by Gasteiger charge is 2.19. The Bertz CT molecular complexity index is 988. The summed E-state index contributed by atoms with van der Waals surface area (Å²) in [6, 6.07) is 10.8. The molecule has 0 saturated heterocycles. The first kappa shape index (κ1) is 19.6. The molecule has 0 aliphatic heterocycles. The van der Waals surface area contributed by atoms with Crippen LogP contribution in [0, 0.1) is 0 Å². The second-order valence-electron chi connectivity index (χ2n) is 5.92. The van der Waals surface area contributed by atoms with E-state index in [1.54, 1.807) is 19.1 Å². The zero-order chi connectivity index (χ0) is 20.1. The van der Waals surface area contributed by atoms with Crippen molar-refractivity contribution in [1.82, 2.24) is 4.98 Å². The van der Waals surface area contributed by atoms with Gasteiger partial charge in [-0.3, -0.25) is 4.79 Å². The summed E-state index contributed by atoms with van der Waals surface area (Å²) in [6.07, 6.45) is 0.725. The number of H-pyrrole nitrogens is 1. The molecule has 0 aliphatic carbocycles. The number of aromatic nitrogens is 1. The van der Waals surface area contributed by atoms with Crippen LogP contribution >= 0.6 is 11.3 Å². The van der Waals surface area contributed by atoms with Gasteiger partial charge in [0.25, 0.3) is 5.91 Å². The van der Waals surface area contributed by atoms with Crippen LogP contribution in [-0.4, -0.2) is 36.0 Å². The van der Waals surface area contributed by atoms with Crippen molar-refractivity contribution in [2.45, 2.75) is 20.3 Å². The number of ether oxygens (including phenoxy) is 2. The Hall–Kier alpha value is -3.13. The average molecular weight is 400 g/mol. The summed E-state index contributed by atoms with van der Waals surface area (Å²) in [4.78, 5) is 40.3. The molecule has 0 bridgehead atoms. The first-order valence-electron chi connectivity index (χ1n) is 8.86. The lowest BCUT2D eigenvalue weighted by Crippen LogP contribution is -2.21. The molecule has 2 aromatic heterocycles. The van der Waals surface area contributed by atoms with Gasteiger partial charge in [-0.25, -0.2) is 9.59 Å². The Labute approximate surface area is 165 Å². The molecule has 2 heterocycles. The van der Waals surface area contributed by atoms with Crippen LogP contribution in [0.25, 0.3) is 10.9 Å². The highest BCUT2D eigenvalue weighted by atomic mass is 32.1. The lowest BCUT2D eigenvalue weighted by molar-refractivity contribution is -0.119. The van der Waals surface area contributed by atoms with Crippen LogP contribution in [0.1, 0.15) is 39.6 Å². The number of carbonyl (C=O) groups excluding carboxylic acids is 3. The molecule has 0 aliphatic rings. The minimum absolute atomic E-state index is 0.242. The molecule has 0 unspecified atom stereocenters. The molecule has 8 heteroatoms. The Morgan fingerprint density at radius 1 is 1.07 bits per heavy atom. The van der Waals surface area contributed by atoms with Gasteiger partial charge in [0, 0.05) is 15.8 Å². The van der Waals surface area contributed by atoms with Crippen molar-refractivity contribution < 1.29 is 23.9 Å². The van der Waals surface area contributed by atoms with Crippen LogP contribution in [0.2, 0.25) is 0 Å². The Morgan fingerprint density at radius 3 is 2.57 bits per heavy atom. The molecule has 3 rings (SSSR count). The molecule has 0 atom stereocenters. The third kappa shape index (κ3) is 4.40. The van der Waals surface area contributed by atoms with Crippen LogP contribution in [-0.2, 0) is 20.7 Å². The zero-order valence-electron chi connectivity index (χ0n) is 15.5. The number of benzene rings is 1. The van der Waals surface area contributed by atoms with E-state index in [4.69, 9.17) is 9.47 Å².